The lowest BCUT2D eigenvalue weighted by Gasteiger charge is -2.29. The second-order valence-corrected chi connectivity index (χ2v) is 9.57. The highest BCUT2D eigenvalue weighted by Gasteiger charge is 2.29. The van der Waals surface area contributed by atoms with Gasteiger partial charge in [-0.15, -0.1) is 0 Å². The van der Waals surface area contributed by atoms with E-state index in [1.165, 1.54) is 17.7 Å². The van der Waals surface area contributed by atoms with Gasteiger partial charge >= 0.3 is 11.8 Å². The van der Waals surface area contributed by atoms with Gasteiger partial charge in [0, 0.05) is 25.3 Å². The van der Waals surface area contributed by atoms with Crippen LogP contribution >= 0.6 is 0 Å². The van der Waals surface area contributed by atoms with Crippen molar-refractivity contribution in [3.05, 3.63) is 83.8 Å². The number of hydrogen-bond acceptors (Lipinski definition) is 6. The Balaban J connectivity index is 1.31. The number of carbonyl (C=O) groups is 2. The number of nitrogens with one attached hydrogen (secondary N) is 2. The van der Waals surface area contributed by atoms with E-state index in [1.807, 2.05) is 24.3 Å². The van der Waals surface area contributed by atoms with E-state index >= 15 is 0 Å². The molecule has 3 aromatic rings. The Kier molecular flexibility index (Phi) is 6.99. The lowest BCUT2D eigenvalue weighted by Crippen LogP contribution is -2.44. The van der Waals surface area contributed by atoms with Gasteiger partial charge in [0.25, 0.3) is 0 Å². The number of sulfonamides is 1. The van der Waals surface area contributed by atoms with Crippen molar-refractivity contribution in [1.29, 1.82) is 0 Å². The molecule has 2 amide bonds. The van der Waals surface area contributed by atoms with Crippen LogP contribution in [-0.4, -0.2) is 39.9 Å². The number of fused-ring (bicyclic) bond motifs is 1. The molecule has 4 N–H and O–H groups in total. The molecule has 4 rings (SSSR count). The second kappa shape index (κ2) is 10.1. The van der Waals surface area contributed by atoms with Crippen molar-refractivity contribution in [1.82, 2.24) is 10.6 Å². The Morgan fingerprint density at radius 3 is 2.44 bits per heavy atom. The zero-order valence-electron chi connectivity index (χ0n) is 18.4. The van der Waals surface area contributed by atoms with Gasteiger partial charge in [-0.1, -0.05) is 30.3 Å². The average molecular weight is 483 g/mol. The predicted octanol–water partition coefficient (Wildman–Crippen LogP) is 1.51. The molecule has 1 aliphatic heterocycles. The highest BCUT2D eigenvalue weighted by Crippen LogP contribution is 2.34. The topological polar surface area (TPSA) is 135 Å². The Morgan fingerprint density at radius 2 is 1.74 bits per heavy atom. The number of primary sulfonamides is 1. The average Bonchev–Trinajstić information content (AvgIpc) is 3.50. The van der Waals surface area contributed by atoms with E-state index in [0.29, 0.717) is 12.2 Å². The Hall–Kier alpha value is -3.63. The van der Waals surface area contributed by atoms with Gasteiger partial charge in [-0.2, -0.15) is 0 Å². The Labute approximate surface area is 198 Å². The summed E-state index contributed by atoms with van der Waals surface area (Å²) in [7, 11) is -3.75. The first-order valence-electron chi connectivity index (χ1n) is 10.9. The van der Waals surface area contributed by atoms with Crippen LogP contribution < -0.4 is 20.7 Å². The third-order valence-electron chi connectivity index (χ3n) is 5.78. The monoisotopic (exact) mass is 482 g/mol. The number of amides is 2. The predicted molar refractivity (Wildman–Crippen MR) is 126 cm³/mol. The number of para-hydroxylation sites is 1. The van der Waals surface area contributed by atoms with E-state index in [0.717, 1.165) is 24.2 Å². The van der Waals surface area contributed by atoms with Crippen LogP contribution in [-0.2, 0) is 32.5 Å². The summed E-state index contributed by atoms with van der Waals surface area (Å²) in [6, 6.07) is 17.6. The molecule has 2 aromatic carbocycles. The van der Waals surface area contributed by atoms with Crippen LogP contribution in [0, 0.1) is 0 Å². The zero-order chi connectivity index (χ0) is 24.1. The van der Waals surface area contributed by atoms with Crippen molar-refractivity contribution in [3.63, 3.8) is 0 Å². The maximum atomic E-state index is 12.4. The lowest BCUT2D eigenvalue weighted by molar-refractivity contribution is -0.139. The summed E-state index contributed by atoms with van der Waals surface area (Å²) in [5, 5.41) is 10.4. The summed E-state index contributed by atoms with van der Waals surface area (Å²) < 4.78 is 28.3. The standard InChI is InChI=1S/C24H26N4O5S/c25-34(31,32)19-9-7-17(8-10-19)11-13-26-23(29)24(30)27-16-21(22-6-3-15-33-22)28-14-12-18-4-1-2-5-20(18)28/h1-10,15,21H,11-14,16H2,(H,26,29)(H,27,30)(H2,25,31,32)/t21-/m1/s1. The molecule has 0 spiro atoms. The van der Waals surface area contributed by atoms with Crippen LogP contribution in [0.1, 0.15) is 22.9 Å². The number of rotatable bonds is 8. The van der Waals surface area contributed by atoms with E-state index in [9.17, 15) is 18.0 Å². The summed E-state index contributed by atoms with van der Waals surface area (Å²) >= 11 is 0. The molecule has 2 heterocycles. The maximum Gasteiger partial charge on any atom is 0.309 e. The molecule has 0 radical (unpaired) electrons. The minimum atomic E-state index is -3.75. The molecule has 1 aromatic heterocycles. The first-order valence-corrected chi connectivity index (χ1v) is 12.4. The van der Waals surface area contributed by atoms with Crippen molar-refractivity contribution in [2.45, 2.75) is 23.8 Å². The van der Waals surface area contributed by atoms with Crippen molar-refractivity contribution >= 4 is 27.5 Å². The van der Waals surface area contributed by atoms with Gasteiger partial charge in [-0.3, -0.25) is 9.59 Å². The zero-order valence-corrected chi connectivity index (χ0v) is 19.3. The molecule has 0 unspecified atom stereocenters. The van der Waals surface area contributed by atoms with Gasteiger partial charge in [-0.05, 0) is 54.3 Å². The highest BCUT2D eigenvalue weighted by atomic mass is 32.2. The summed E-state index contributed by atoms with van der Waals surface area (Å²) in [6.07, 6.45) is 2.93. The number of nitrogens with zero attached hydrogens (tertiary/aromatic N) is 1. The van der Waals surface area contributed by atoms with Crippen molar-refractivity contribution < 1.29 is 22.4 Å². The minimum absolute atomic E-state index is 0.0198. The number of carbonyl (C=O) groups excluding carboxylic acids is 2. The number of anilines is 1. The molecule has 1 atom stereocenters. The fourth-order valence-corrected chi connectivity index (χ4v) is 4.56. The molecule has 0 aliphatic carbocycles. The summed E-state index contributed by atoms with van der Waals surface area (Å²) in [4.78, 5) is 26.9. The highest BCUT2D eigenvalue weighted by molar-refractivity contribution is 7.89. The van der Waals surface area contributed by atoms with Crippen LogP contribution in [0.2, 0.25) is 0 Å². The fraction of sp³-hybridized carbons (Fsp3) is 0.250. The van der Waals surface area contributed by atoms with Gasteiger partial charge in [0.2, 0.25) is 10.0 Å². The largest absolute Gasteiger partial charge is 0.467 e. The normalized spacial score (nSPS) is 13.9. The summed E-state index contributed by atoms with van der Waals surface area (Å²) in [5.74, 6) is -0.755. The molecule has 0 bridgehead atoms. The maximum absolute atomic E-state index is 12.4. The van der Waals surface area contributed by atoms with E-state index in [1.54, 1.807) is 24.5 Å². The van der Waals surface area contributed by atoms with E-state index < -0.39 is 21.8 Å². The SMILES string of the molecule is NS(=O)(=O)c1ccc(CCNC(=O)C(=O)NC[C@H](c2ccco2)N2CCc3ccccc32)cc1. The van der Waals surface area contributed by atoms with E-state index in [2.05, 4.69) is 21.6 Å². The first-order chi connectivity index (χ1) is 16.3. The van der Waals surface area contributed by atoms with Crippen LogP contribution in [0.15, 0.2) is 76.2 Å². The number of furan rings is 1. The van der Waals surface area contributed by atoms with Crippen LogP contribution in [0.3, 0.4) is 0 Å². The number of nitrogens with two attached hydrogens (primary N) is 1. The first kappa shape index (κ1) is 23.5. The van der Waals surface area contributed by atoms with Crippen molar-refractivity contribution in [2.24, 2.45) is 5.14 Å². The smallest absolute Gasteiger partial charge is 0.309 e. The fourth-order valence-electron chi connectivity index (χ4n) is 4.05. The van der Waals surface area contributed by atoms with Crippen LogP contribution in [0.5, 0.6) is 0 Å². The summed E-state index contributed by atoms with van der Waals surface area (Å²) in [6.45, 7) is 1.22. The molecule has 178 valence electrons. The quantitative estimate of drug-likeness (QED) is 0.417. The number of benzene rings is 2. The lowest BCUT2D eigenvalue weighted by atomic mass is 10.1. The second-order valence-electron chi connectivity index (χ2n) is 8.01. The van der Waals surface area contributed by atoms with Crippen molar-refractivity contribution in [3.8, 4) is 0 Å². The third-order valence-corrected chi connectivity index (χ3v) is 6.71. The number of hydrogen-bond donors (Lipinski definition) is 3. The van der Waals surface area contributed by atoms with Gasteiger partial charge in [-0.25, -0.2) is 13.6 Å². The summed E-state index contributed by atoms with van der Waals surface area (Å²) in [5.41, 5.74) is 3.13. The molecule has 0 saturated carbocycles. The third kappa shape index (κ3) is 5.46. The molecule has 10 heteroatoms. The van der Waals surface area contributed by atoms with E-state index in [-0.39, 0.29) is 24.0 Å². The van der Waals surface area contributed by atoms with Gasteiger partial charge in [0.05, 0.1) is 11.2 Å². The molecule has 34 heavy (non-hydrogen) atoms. The van der Waals surface area contributed by atoms with Crippen LogP contribution in [0.4, 0.5) is 5.69 Å². The molecular formula is C24H26N4O5S. The Bertz CT molecular complexity index is 1260. The molecular weight excluding hydrogens is 456 g/mol. The Morgan fingerprint density at radius 1 is 1.00 bits per heavy atom. The molecule has 0 saturated heterocycles. The molecule has 1 aliphatic rings. The van der Waals surface area contributed by atoms with Gasteiger partial charge in [0.1, 0.15) is 11.8 Å². The minimum Gasteiger partial charge on any atom is -0.467 e. The van der Waals surface area contributed by atoms with Crippen molar-refractivity contribution in [2.75, 3.05) is 24.5 Å². The molecule has 0 fully saturated rings. The van der Waals surface area contributed by atoms with Crippen LogP contribution in [0.25, 0.3) is 0 Å². The van der Waals surface area contributed by atoms with E-state index in [4.69, 9.17) is 9.56 Å². The van der Waals surface area contributed by atoms with Gasteiger partial charge < -0.3 is 20.0 Å². The van der Waals surface area contributed by atoms with Gasteiger partial charge in [0.15, 0.2) is 0 Å². The molecule has 9 nitrogen and oxygen atoms in total.